The maximum Gasteiger partial charge on any atom is 0.408 e. The van der Waals surface area contributed by atoms with Crippen molar-refractivity contribution in [1.29, 1.82) is 0 Å². The number of nitrogens with two attached hydrogens (primary N) is 1. The molecule has 2 aromatic carbocycles. The van der Waals surface area contributed by atoms with Crippen LogP contribution in [0.4, 0.5) is 10.5 Å². The second kappa shape index (κ2) is 16.5. The molecule has 0 saturated heterocycles. The number of aryl methyl sites for hydroxylation is 2. The predicted octanol–water partition coefficient (Wildman–Crippen LogP) is 5.94. The van der Waals surface area contributed by atoms with E-state index < -0.39 is 35.6 Å². The zero-order valence-electron chi connectivity index (χ0n) is 26.0. The maximum absolute atomic E-state index is 14.3. The molecule has 2 rings (SSSR count). The van der Waals surface area contributed by atoms with Crippen LogP contribution in [0.1, 0.15) is 95.4 Å². The highest BCUT2D eigenvalue weighted by Gasteiger charge is 2.36. The molecule has 9 nitrogen and oxygen atoms in total. The van der Waals surface area contributed by atoms with Gasteiger partial charge < -0.3 is 26.0 Å². The van der Waals surface area contributed by atoms with Gasteiger partial charge in [0.25, 0.3) is 5.91 Å². The first-order chi connectivity index (χ1) is 19.8. The largest absolute Gasteiger partial charge is 0.444 e. The van der Waals surface area contributed by atoms with E-state index in [1.165, 1.54) is 4.90 Å². The summed E-state index contributed by atoms with van der Waals surface area (Å²) in [5.41, 5.74) is 7.75. The molecule has 0 fully saturated rings. The van der Waals surface area contributed by atoms with Crippen molar-refractivity contribution in [2.75, 3.05) is 11.9 Å². The molecule has 0 aliphatic rings. The smallest absolute Gasteiger partial charge is 0.408 e. The molecular formula is C33H48N4O5. The van der Waals surface area contributed by atoms with Crippen LogP contribution in [-0.2, 0) is 19.1 Å². The van der Waals surface area contributed by atoms with E-state index in [2.05, 4.69) is 17.6 Å². The number of carbonyl (C=O) groups is 4. The molecule has 4 amide bonds. The molecule has 0 aliphatic carbocycles. The molecule has 0 radical (unpaired) electrons. The summed E-state index contributed by atoms with van der Waals surface area (Å²) < 4.78 is 5.41. The minimum Gasteiger partial charge on any atom is -0.444 e. The number of ether oxygens (including phenoxy) is 1. The van der Waals surface area contributed by atoms with Gasteiger partial charge in [-0.05, 0) is 64.2 Å². The fourth-order valence-corrected chi connectivity index (χ4v) is 4.76. The van der Waals surface area contributed by atoms with Gasteiger partial charge in [0, 0.05) is 18.7 Å². The Morgan fingerprint density at radius 2 is 1.52 bits per heavy atom. The lowest BCUT2D eigenvalue weighted by Gasteiger charge is -2.35. The van der Waals surface area contributed by atoms with E-state index in [-0.39, 0.29) is 25.3 Å². The van der Waals surface area contributed by atoms with Gasteiger partial charge in [-0.1, -0.05) is 81.1 Å². The van der Waals surface area contributed by atoms with E-state index in [1.807, 2.05) is 62.4 Å². The third-order valence-electron chi connectivity index (χ3n) is 6.86. The summed E-state index contributed by atoms with van der Waals surface area (Å²) in [6.07, 6.45) is 3.76. The molecular weight excluding hydrogens is 532 g/mol. The Kier molecular flexibility index (Phi) is 13.5. The lowest BCUT2D eigenvalue weighted by Crippen LogP contribution is -2.53. The number of primary amides is 1. The van der Waals surface area contributed by atoms with Crippen molar-refractivity contribution in [3.05, 3.63) is 65.2 Å². The van der Waals surface area contributed by atoms with Crippen LogP contribution in [-0.4, -0.2) is 46.9 Å². The van der Waals surface area contributed by atoms with Gasteiger partial charge in [0.2, 0.25) is 11.8 Å². The monoisotopic (exact) mass is 580 g/mol. The van der Waals surface area contributed by atoms with Gasteiger partial charge >= 0.3 is 6.09 Å². The number of para-hydroxylation sites is 1. The first kappa shape index (κ1) is 34.3. The van der Waals surface area contributed by atoms with Crippen molar-refractivity contribution in [3.8, 4) is 0 Å². The van der Waals surface area contributed by atoms with Gasteiger partial charge in [-0.25, -0.2) is 4.79 Å². The van der Waals surface area contributed by atoms with Crippen molar-refractivity contribution < 1.29 is 23.9 Å². The number of rotatable bonds is 15. The third-order valence-corrected chi connectivity index (χ3v) is 6.86. The number of nitrogens with zero attached hydrogens (tertiary/aromatic N) is 1. The number of anilines is 1. The molecule has 0 spiro atoms. The summed E-state index contributed by atoms with van der Waals surface area (Å²) in [6, 6.07) is 12.8. The topological polar surface area (TPSA) is 131 Å². The first-order valence-electron chi connectivity index (χ1n) is 14.8. The summed E-state index contributed by atoms with van der Waals surface area (Å²) in [5, 5.41) is 5.71. The average Bonchev–Trinajstić information content (AvgIpc) is 2.91. The number of carbonyl (C=O) groups excluding carboxylic acids is 4. The van der Waals surface area contributed by atoms with Crippen LogP contribution in [0, 0.1) is 13.8 Å². The highest BCUT2D eigenvalue weighted by molar-refractivity contribution is 6.00. The molecule has 230 valence electrons. The van der Waals surface area contributed by atoms with E-state index in [1.54, 1.807) is 20.8 Å². The van der Waals surface area contributed by atoms with E-state index in [0.717, 1.165) is 36.8 Å². The number of benzene rings is 2. The Labute approximate surface area is 250 Å². The van der Waals surface area contributed by atoms with Crippen LogP contribution in [0.5, 0.6) is 0 Å². The van der Waals surface area contributed by atoms with Crippen LogP contribution in [0.15, 0.2) is 48.5 Å². The fourth-order valence-electron chi connectivity index (χ4n) is 4.76. The maximum atomic E-state index is 14.3. The molecule has 0 saturated carbocycles. The van der Waals surface area contributed by atoms with Gasteiger partial charge in [0.15, 0.2) is 0 Å². The van der Waals surface area contributed by atoms with Crippen molar-refractivity contribution in [3.63, 3.8) is 0 Å². The summed E-state index contributed by atoms with van der Waals surface area (Å²) in [7, 11) is 0. The number of amides is 4. The number of hydrogen-bond acceptors (Lipinski definition) is 5. The Morgan fingerprint density at radius 3 is 2.10 bits per heavy atom. The second-order valence-corrected chi connectivity index (χ2v) is 11.7. The van der Waals surface area contributed by atoms with Crippen LogP contribution in [0.2, 0.25) is 0 Å². The van der Waals surface area contributed by atoms with E-state index in [4.69, 9.17) is 10.5 Å². The summed E-state index contributed by atoms with van der Waals surface area (Å²) in [4.78, 5) is 54.4. The van der Waals surface area contributed by atoms with Crippen molar-refractivity contribution in [2.24, 2.45) is 5.73 Å². The quantitative estimate of drug-likeness (QED) is 0.224. The Balaban J connectivity index is 2.53. The number of alkyl carbamates (subject to hydrolysis) is 1. The zero-order chi connectivity index (χ0) is 31.3. The van der Waals surface area contributed by atoms with Gasteiger partial charge in [-0.3, -0.25) is 14.4 Å². The standard InChI is InChI=1S/C33H48N4O5/c1-7-8-9-10-14-22-37(31(40)26(20-21-27(34)38)35-32(41)42-33(4,5)6)29(25-18-12-11-13-19-25)30(39)36-28-23(2)16-15-17-24(28)3/h11-13,15-19,26,29H,7-10,14,20-22H2,1-6H3,(H2,34,38)(H,35,41)(H,36,39). The van der Waals surface area contributed by atoms with Crippen LogP contribution in [0.25, 0.3) is 0 Å². The molecule has 2 unspecified atom stereocenters. The molecule has 2 aromatic rings. The Hall–Kier alpha value is -3.88. The molecule has 2 atom stereocenters. The lowest BCUT2D eigenvalue weighted by molar-refractivity contribution is -0.141. The molecule has 0 heterocycles. The van der Waals surface area contributed by atoms with E-state index in [0.29, 0.717) is 17.7 Å². The van der Waals surface area contributed by atoms with Crippen molar-refractivity contribution in [2.45, 2.75) is 104 Å². The predicted molar refractivity (Wildman–Crippen MR) is 166 cm³/mol. The zero-order valence-corrected chi connectivity index (χ0v) is 26.0. The minimum atomic E-state index is -1.12. The lowest BCUT2D eigenvalue weighted by atomic mass is 10.00. The molecule has 0 aliphatic heterocycles. The summed E-state index contributed by atoms with van der Waals surface area (Å²) in [5.74, 6) is -1.45. The summed E-state index contributed by atoms with van der Waals surface area (Å²) >= 11 is 0. The minimum absolute atomic E-state index is 0.0280. The molecule has 0 bridgehead atoms. The fraction of sp³-hybridized carbons (Fsp3) is 0.515. The van der Waals surface area contributed by atoms with Gasteiger partial charge in [0.1, 0.15) is 17.7 Å². The highest BCUT2D eigenvalue weighted by atomic mass is 16.6. The van der Waals surface area contributed by atoms with Gasteiger partial charge in [-0.15, -0.1) is 0 Å². The van der Waals surface area contributed by atoms with E-state index in [9.17, 15) is 19.2 Å². The van der Waals surface area contributed by atoms with Gasteiger partial charge in [-0.2, -0.15) is 0 Å². The SMILES string of the molecule is CCCCCCCN(C(=O)C(CCC(N)=O)NC(=O)OC(C)(C)C)C(C(=O)Nc1c(C)cccc1C)c1ccccc1. The van der Waals surface area contributed by atoms with Gasteiger partial charge in [0.05, 0.1) is 0 Å². The van der Waals surface area contributed by atoms with Crippen molar-refractivity contribution in [1.82, 2.24) is 10.2 Å². The molecule has 42 heavy (non-hydrogen) atoms. The highest BCUT2D eigenvalue weighted by Crippen LogP contribution is 2.28. The molecule has 9 heteroatoms. The molecule has 4 N–H and O–H groups in total. The summed E-state index contributed by atoms with van der Waals surface area (Å²) in [6.45, 7) is 11.4. The average molecular weight is 581 g/mol. The van der Waals surface area contributed by atoms with Crippen LogP contribution in [0.3, 0.4) is 0 Å². The van der Waals surface area contributed by atoms with E-state index >= 15 is 0 Å². The normalized spacial score (nSPS) is 12.6. The Morgan fingerprint density at radius 1 is 0.905 bits per heavy atom. The second-order valence-electron chi connectivity index (χ2n) is 11.7. The van der Waals surface area contributed by atoms with Crippen LogP contribution >= 0.6 is 0 Å². The van der Waals surface area contributed by atoms with Crippen molar-refractivity contribution >= 4 is 29.5 Å². The number of hydrogen-bond donors (Lipinski definition) is 3. The molecule has 0 aromatic heterocycles. The number of nitrogens with one attached hydrogen (secondary N) is 2. The Bertz CT molecular complexity index is 1170. The number of unbranched alkanes of at least 4 members (excludes halogenated alkanes) is 4. The first-order valence-corrected chi connectivity index (χ1v) is 14.8. The van der Waals surface area contributed by atoms with Crippen LogP contribution < -0.4 is 16.4 Å². The third kappa shape index (κ3) is 11.2.